The minimum Gasteiger partial charge on any atom is -0.343 e. The zero-order valence-electron chi connectivity index (χ0n) is 11.0. The third-order valence-corrected chi connectivity index (χ3v) is 3.28. The van der Waals surface area contributed by atoms with Gasteiger partial charge in [-0.25, -0.2) is 4.79 Å². The molecule has 0 aromatic carbocycles. The number of urea groups is 1. The van der Waals surface area contributed by atoms with Crippen LogP contribution < -0.4 is 5.32 Å². The first kappa shape index (κ1) is 13.8. The molecule has 1 N–H and O–H groups in total. The molecular weight excluding hydrogens is 218 g/mol. The molecule has 0 aliphatic carbocycles. The zero-order chi connectivity index (χ0) is 12.8. The average molecular weight is 241 g/mol. The van der Waals surface area contributed by atoms with E-state index < -0.39 is 0 Å². The average Bonchev–Trinajstić information content (AvgIpc) is 2.83. The van der Waals surface area contributed by atoms with E-state index in [9.17, 15) is 9.59 Å². The largest absolute Gasteiger partial charge is 0.343 e. The van der Waals surface area contributed by atoms with E-state index in [0.29, 0.717) is 13.0 Å². The van der Waals surface area contributed by atoms with E-state index in [2.05, 4.69) is 5.32 Å². The van der Waals surface area contributed by atoms with Gasteiger partial charge in [0.05, 0.1) is 0 Å². The fraction of sp³-hybridized carbons (Fsp3) is 0.833. The van der Waals surface area contributed by atoms with Crippen molar-refractivity contribution < 1.29 is 9.59 Å². The molecule has 1 fully saturated rings. The van der Waals surface area contributed by atoms with Gasteiger partial charge < -0.3 is 15.1 Å². The molecule has 0 aromatic heterocycles. The van der Waals surface area contributed by atoms with Crippen LogP contribution in [0.3, 0.4) is 0 Å². The molecule has 1 atom stereocenters. The van der Waals surface area contributed by atoms with Crippen molar-refractivity contribution in [3.8, 4) is 0 Å². The highest BCUT2D eigenvalue weighted by atomic mass is 16.2. The van der Waals surface area contributed by atoms with Gasteiger partial charge in [0.15, 0.2) is 0 Å². The molecular formula is C12H23N3O2. The van der Waals surface area contributed by atoms with Gasteiger partial charge in [-0.05, 0) is 26.7 Å². The molecule has 1 aliphatic rings. The maximum Gasteiger partial charge on any atom is 0.317 e. The number of rotatable bonds is 4. The molecule has 0 bridgehead atoms. The SMILES string of the molecule is CCN(C(=O)NC)C(C)CC(=O)N1CCCC1. The lowest BCUT2D eigenvalue weighted by Gasteiger charge is -2.28. The summed E-state index contributed by atoms with van der Waals surface area (Å²) in [6, 6.07) is -0.165. The Morgan fingerprint density at radius 3 is 2.41 bits per heavy atom. The first-order valence-electron chi connectivity index (χ1n) is 6.36. The second kappa shape index (κ2) is 6.47. The molecule has 0 spiro atoms. The predicted octanol–water partition coefficient (Wildman–Crippen LogP) is 1.05. The van der Waals surface area contributed by atoms with Crippen LogP contribution in [0.4, 0.5) is 4.79 Å². The molecule has 3 amide bonds. The smallest absolute Gasteiger partial charge is 0.317 e. The van der Waals surface area contributed by atoms with Gasteiger partial charge in [0, 0.05) is 39.1 Å². The van der Waals surface area contributed by atoms with Crippen LogP contribution in [0.15, 0.2) is 0 Å². The van der Waals surface area contributed by atoms with Gasteiger partial charge in [-0.15, -0.1) is 0 Å². The summed E-state index contributed by atoms with van der Waals surface area (Å²) in [4.78, 5) is 27.1. The van der Waals surface area contributed by atoms with Gasteiger partial charge in [0.1, 0.15) is 0 Å². The van der Waals surface area contributed by atoms with E-state index in [4.69, 9.17) is 0 Å². The number of amides is 3. The quantitative estimate of drug-likeness (QED) is 0.800. The Kier molecular flexibility index (Phi) is 5.25. The summed E-state index contributed by atoms with van der Waals surface area (Å²) < 4.78 is 0. The Hall–Kier alpha value is -1.26. The van der Waals surface area contributed by atoms with Gasteiger partial charge in [0.2, 0.25) is 5.91 Å². The van der Waals surface area contributed by atoms with Crippen molar-refractivity contribution in [2.75, 3.05) is 26.7 Å². The first-order chi connectivity index (χ1) is 8.10. The van der Waals surface area contributed by atoms with E-state index in [1.165, 1.54) is 0 Å². The summed E-state index contributed by atoms with van der Waals surface area (Å²) >= 11 is 0. The normalized spacial score (nSPS) is 16.8. The fourth-order valence-corrected chi connectivity index (χ4v) is 2.26. The number of likely N-dealkylation sites (tertiary alicyclic amines) is 1. The molecule has 5 heteroatoms. The van der Waals surface area contributed by atoms with Crippen molar-refractivity contribution in [1.82, 2.24) is 15.1 Å². The highest BCUT2D eigenvalue weighted by molar-refractivity contribution is 5.79. The minimum absolute atomic E-state index is 0.0481. The van der Waals surface area contributed by atoms with Gasteiger partial charge in [-0.2, -0.15) is 0 Å². The van der Waals surface area contributed by atoms with Gasteiger partial charge in [0.25, 0.3) is 0 Å². The monoisotopic (exact) mass is 241 g/mol. The van der Waals surface area contributed by atoms with Crippen LogP contribution in [0.25, 0.3) is 0 Å². The van der Waals surface area contributed by atoms with Crippen LogP contribution in [0, 0.1) is 0 Å². The van der Waals surface area contributed by atoms with Gasteiger partial charge in [-0.3, -0.25) is 4.79 Å². The Bertz CT molecular complexity index is 275. The van der Waals surface area contributed by atoms with E-state index >= 15 is 0 Å². The summed E-state index contributed by atoms with van der Waals surface area (Å²) in [5, 5.41) is 2.60. The molecule has 1 saturated heterocycles. The zero-order valence-corrected chi connectivity index (χ0v) is 11.0. The van der Waals surface area contributed by atoms with Crippen molar-refractivity contribution in [1.29, 1.82) is 0 Å². The maximum absolute atomic E-state index is 12.0. The second-order valence-electron chi connectivity index (χ2n) is 4.48. The second-order valence-corrected chi connectivity index (χ2v) is 4.48. The van der Waals surface area contributed by atoms with Crippen molar-refractivity contribution in [2.24, 2.45) is 0 Å². The summed E-state index contributed by atoms with van der Waals surface area (Å²) in [5.74, 6) is 0.164. The highest BCUT2D eigenvalue weighted by Crippen LogP contribution is 2.12. The van der Waals surface area contributed by atoms with E-state index in [1.807, 2.05) is 18.7 Å². The molecule has 98 valence electrons. The topological polar surface area (TPSA) is 52.7 Å². The summed E-state index contributed by atoms with van der Waals surface area (Å²) in [7, 11) is 1.61. The van der Waals surface area contributed by atoms with Crippen molar-refractivity contribution >= 4 is 11.9 Å². The molecule has 5 nitrogen and oxygen atoms in total. The van der Waals surface area contributed by atoms with Crippen LogP contribution in [0.5, 0.6) is 0 Å². The van der Waals surface area contributed by atoms with Gasteiger partial charge in [-0.1, -0.05) is 0 Å². The molecule has 1 rings (SSSR count). The fourth-order valence-electron chi connectivity index (χ4n) is 2.26. The van der Waals surface area contributed by atoms with Gasteiger partial charge >= 0.3 is 6.03 Å². The van der Waals surface area contributed by atoms with Crippen LogP contribution in [0.2, 0.25) is 0 Å². The number of nitrogens with zero attached hydrogens (tertiary/aromatic N) is 2. The molecule has 0 saturated carbocycles. The van der Waals surface area contributed by atoms with Crippen molar-refractivity contribution in [2.45, 2.75) is 39.2 Å². The Labute approximate surface area is 103 Å². The number of carbonyl (C=O) groups is 2. The predicted molar refractivity (Wildman–Crippen MR) is 66.7 cm³/mol. The van der Waals surface area contributed by atoms with Crippen LogP contribution in [-0.2, 0) is 4.79 Å². The van der Waals surface area contributed by atoms with Crippen LogP contribution in [0.1, 0.15) is 33.1 Å². The van der Waals surface area contributed by atoms with Crippen LogP contribution >= 0.6 is 0 Å². The summed E-state index contributed by atoms with van der Waals surface area (Å²) in [5.41, 5.74) is 0. The summed E-state index contributed by atoms with van der Waals surface area (Å²) in [6.45, 7) is 6.21. The third-order valence-electron chi connectivity index (χ3n) is 3.28. The Balaban J connectivity index is 2.48. The van der Waals surface area contributed by atoms with E-state index in [1.54, 1.807) is 11.9 Å². The van der Waals surface area contributed by atoms with Crippen LogP contribution in [-0.4, -0.2) is 54.5 Å². The number of hydrogen-bond donors (Lipinski definition) is 1. The Morgan fingerprint density at radius 2 is 1.94 bits per heavy atom. The molecule has 1 unspecified atom stereocenters. The lowest BCUT2D eigenvalue weighted by molar-refractivity contribution is -0.131. The van der Waals surface area contributed by atoms with Crippen molar-refractivity contribution in [3.05, 3.63) is 0 Å². The molecule has 0 radical (unpaired) electrons. The molecule has 1 heterocycles. The number of carbonyl (C=O) groups excluding carboxylic acids is 2. The molecule has 1 aliphatic heterocycles. The standard InChI is InChI=1S/C12H23N3O2/c1-4-15(12(17)13-3)10(2)9-11(16)14-7-5-6-8-14/h10H,4-9H2,1-3H3,(H,13,17). The lowest BCUT2D eigenvalue weighted by atomic mass is 10.2. The van der Waals surface area contributed by atoms with E-state index in [0.717, 1.165) is 25.9 Å². The number of nitrogens with one attached hydrogen (secondary N) is 1. The first-order valence-corrected chi connectivity index (χ1v) is 6.36. The maximum atomic E-state index is 12.0. The van der Waals surface area contributed by atoms with Crippen molar-refractivity contribution in [3.63, 3.8) is 0 Å². The lowest BCUT2D eigenvalue weighted by Crippen LogP contribution is -2.45. The molecule has 0 aromatic rings. The van der Waals surface area contributed by atoms with E-state index in [-0.39, 0.29) is 18.0 Å². The summed E-state index contributed by atoms with van der Waals surface area (Å²) in [6.07, 6.45) is 2.63. The highest BCUT2D eigenvalue weighted by Gasteiger charge is 2.24. The molecule has 17 heavy (non-hydrogen) atoms. The number of hydrogen-bond acceptors (Lipinski definition) is 2. The Morgan fingerprint density at radius 1 is 1.35 bits per heavy atom. The minimum atomic E-state index is -0.116. The third kappa shape index (κ3) is 3.61.